The number of carbonyl (C=O) groups is 1. The van der Waals surface area contributed by atoms with E-state index in [4.69, 9.17) is 21.9 Å². The number of fused-ring (bicyclic) bond motifs is 1. The summed E-state index contributed by atoms with van der Waals surface area (Å²) in [6, 6.07) is 3.80. The number of thioether (sulfide) groups is 1. The first-order chi connectivity index (χ1) is 15.5. The molecule has 2 aromatic rings. The first-order valence-electron chi connectivity index (χ1n) is 11.2. The Morgan fingerprint density at radius 2 is 2.06 bits per heavy atom. The fraction of sp³-hybridized carbons (Fsp3) is 0.478. The van der Waals surface area contributed by atoms with Crippen molar-refractivity contribution in [2.75, 3.05) is 31.1 Å². The number of hydrogen-bond donors (Lipinski definition) is 0. The van der Waals surface area contributed by atoms with Crippen LogP contribution in [0.4, 0.5) is 5.82 Å². The minimum Gasteiger partial charge on any atom is -0.376 e. The van der Waals surface area contributed by atoms with Crippen molar-refractivity contribution in [3.63, 3.8) is 0 Å². The molecule has 1 amide bonds. The summed E-state index contributed by atoms with van der Waals surface area (Å²) >= 11 is 6.74. The molecule has 0 bridgehead atoms. The number of pyridine rings is 1. The largest absolute Gasteiger partial charge is 0.376 e. The summed E-state index contributed by atoms with van der Waals surface area (Å²) in [7, 11) is 0. The van der Waals surface area contributed by atoms with Crippen molar-refractivity contribution in [2.24, 2.45) is 0 Å². The Hall–Kier alpha value is -2.23. The van der Waals surface area contributed by atoms with Gasteiger partial charge < -0.3 is 9.64 Å². The average molecular weight is 471 g/mol. The molecule has 3 aliphatic rings. The van der Waals surface area contributed by atoms with Gasteiger partial charge in [-0.15, -0.1) is 0 Å². The number of piperidine rings is 1. The van der Waals surface area contributed by atoms with Gasteiger partial charge in [-0.1, -0.05) is 30.0 Å². The molecule has 3 fully saturated rings. The number of thiocarbonyl (C=S) groups is 1. The summed E-state index contributed by atoms with van der Waals surface area (Å²) in [6.45, 7) is 4.87. The number of anilines is 1. The highest BCUT2D eigenvalue weighted by molar-refractivity contribution is 8.26. The molecule has 32 heavy (non-hydrogen) atoms. The molecular formula is C23H26N4O3S2. The molecule has 3 saturated heterocycles. The van der Waals surface area contributed by atoms with Crippen molar-refractivity contribution < 1.29 is 9.53 Å². The van der Waals surface area contributed by atoms with E-state index in [2.05, 4.69) is 4.90 Å². The van der Waals surface area contributed by atoms with Gasteiger partial charge in [0.25, 0.3) is 11.5 Å². The van der Waals surface area contributed by atoms with Crippen LogP contribution < -0.4 is 10.5 Å². The summed E-state index contributed by atoms with van der Waals surface area (Å²) in [4.78, 5) is 35.9. The van der Waals surface area contributed by atoms with E-state index in [0.717, 1.165) is 50.9 Å². The Kier molecular flexibility index (Phi) is 6.05. The lowest BCUT2D eigenvalue weighted by molar-refractivity contribution is -0.123. The number of nitrogens with zero attached hydrogens (tertiary/aromatic N) is 4. The molecular weight excluding hydrogens is 444 g/mol. The maximum Gasteiger partial charge on any atom is 0.267 e. The van der Waals surface area contributed by atoms with E-state index in [1.807, 2.05) is 19.1 Å². The zero-order chi connectivity index (χ0) is 22.2. The molecule has 9 heteroatoms. The van der Waals surface area contributed by atoms with Crippen LogP contribution in [-0.2, 0) is 9.53 Å². The van der Waals surface area contributed by atoms with Crippen LogP contribution in [0.25, 0.3) is 11.7 Å². The molecule has 0 aliphatic carbocycles. The molecule has 7 nitrogen and oxygen atoms in total. The number of hydrogen-bond acceptors (Lipinski definition) is 7. The van der Waals surface area contributed by atoms with Crippen LogP contribution in [0.5, 0.6) is 0 Å². The minimum atomic E-state index is -0.163. The van der Waals surface area contributed by atoms with Gasteiger partial charge in [-0.05, 0) is 56.7 Å². The van der Waals surface area contributed by atoms with E-state index >= 15 is 0 Å². The van der Waals surface area contributed by atoms with Crippen molar-refractivity contribution in [1.29, 1.82) is 0 Å². The number of carbonyl (C=O) groups excluding carboxylic acids is 1. The van der Waals surface area contributed by atoms with Gasteiger partial charge in [0, 0.05) is 25.9 Å². The van der Waals surface area contributed by atoms with E-state index in [1.165, 1.54) is 18.2 Å². The Morgan fingerprint density at radius 3 is 2.81 bits per heavy atom. The molecule has 0 aromatic carbocycles. The van der Waals surface area contributed by atoms with Crippen molar-refractivity contribution >= 4 is 51.7 Å². The van der Waals surface area contributed by atoms with Crippen LogP contribution >= 0.6 is 24.0 Å². The second kappa shape index (κ2) is 8.96. The topological polar surface area (TPSA) is 67.2 Å². The molecule has 3 aliphatic heterocycles. The van der Waals surface area contributed by atoms with Gasteiger partial charge >= 0.3 is 0 Å². The molecule has 0 N–H and O–H groups in total. The molecule has 1 unspecified atom stereocenters. The lowest BCUT2D eigenvalue weighted by Crippen LogP contribution is -2.35. The zero-order valence-electron chi connectivity index (χ0n) is 18.1. The molecule has 2 aromatic heterocycles. The Bertz CT molecular complexity index is 1160. The zero-order valence-corrected chi connectivity index (χ0v) is 19.7. The predicted molar refractivity (Wildman–Crippen MR) is 131 cm³/mol. The standard InChI is InChI=1S/C23H26N4O3S2/c1-15-7-5-11-26-19(15)24-20(25-9-3-2-4-10-25)17(21(26)28)13-18-22(29)27(23(31)32-18)14-16-8-6-12-30-16/h5,7,11,13,16H,2-4,6,8-10,12,14H2,1H3. The summed E-state index contributed by atoms with van der Waals surface area (Å²) in [5.74, 6) is 0.502. The van der Waals surface area contributed by atoms with Gasteiger partial charge in [0.15, 0.2) is 0 Å². The quantitative estimate of drug-likeness (QED) is 0.501. The highest BCUT2D eigenvalue weighted by Crippen LogP contribution is 2.34. The van der Waals surface area contributed by atoms with Gasteiger partial charge in [-0.25, -0.2) is 4.98 Å². The van der Waals surface area contributed by atoms with Gasteiger partial charge in [0.05, 0.1) is 23.1 Å². The fourth-order valence-corrected chi connectivity index (χ4v) is 5.81. The normalized spacial score (nSPS) is 23.2. The number of amides is 1. The first-order valence-corrected chi connectivity index (χ1v) is 12.4. The van der Waals surface area contributed by atoms with Crippen LogP contribution in [0.1, 0.15) is 43.2 Å². The molecule has 1 atom stereocenters. The number of aromatic nitrogens is 2. The maximum absolute atomic E-state index is 13.5. The summed E-state index contributed by atoms with van der Waals surface area (Å²) in [5, 5.41) is 0. The Labute approximate surface area is 196 Å². The van der Waals surface area contributed by atoms with E-state index in [-0.39, 0.29) is 17.6 Å². The molecule has 0 radical (unpaired) electrons. The summed E-state index contributed by atoms with van der Waals surface area (Å²) in [6.07, 6.45) is 8.71. The van der Waals surface area contributed by atoms with Crippen LogP contribution in [0, 0.1) is 6.92 Å². The van der Waals surface area contributed by atoms with Crippen molar-refractivity contribution in [1.82, 2.24) is 14.3 Å². The monoisotopic (exact) mass is 470 g/mol. The number of rotatable bonds is 4. The lowest BCUT2D eigenvalue weighted by Gasteiger charge is -2.29. The summed E-state index contributed by atoms with van der Waals surface area (Å²) in [5.41, 5.74) is 1.88. The second-order valence-electron chi connectivity index (χ2n) is 8.51. The molecule has 5 heterocycles. The fourth-order valence-electron chi connectivity index (χ4n) is 4.55. The Morgan fingerprint density at radius 1 is 1.25 bits per heavy atom. The third kappa shape index (κ3) is 3.97. The highest BCUT2D eigenvalue weighted by atomic mass is 32.2. The lowest BCUT2D eigenvalue weighted by atomic mass is 10.1. The van der Waals surface area contributed by atoms with E-state index in [1.54, 1.807) is 21.6 Å². The van der Waals surface area contributed by atoms with Crippen LogP contribution in [0.2, 0.25) is 0 Å². The van der Waals surface area contributed by atoms with Crippen LogP contribution in [-0.4, -0.2) is 56.9 Å². The van der Waals surface area contributed by atoms with E-state index in [9.17, 15) is 9.59 Å². The van der Waals surface area contributed by atoms with E-state index < -0.39 is 0 Å². The van der Waals surface area contributed by atoms with Crippen molar-refractivity contribution in [2.45, 2.75) is 45.1 Å². The third-order valence-electron chi connectivity index (χ3n) is 6.28. The molecule has 0 saturated carbocycles. The smallest absolute Gasteiger partial charge is 0.267 e. The van der Waals surface area contributed by atoms with Crippen molar-refractivity contribution in [3.05, 3.63) is 44.7 Å². The highest BCUT2D eigenvalue weighted by Gasteiger charge is 2.35. The van der Waals surface area contributed by atoms with E-state index in [0.29, 0.717) is 32.8 Å². The van der Waals surface area contributed by atoms with Gasteiger partial charge in [-0.3, -0.25) is 18.9 Å². The van der Waals surface area contributed by atoms with Gasteiger partial charge in [0.2, 0.25) is 0 Å². The summed E-state index contributed by atoms with van der Waals surface area (Å²) < 4.78 is 7.78. The van der Waals surface area contributed by atoms with Crippen molar-refractivity contribution in [3.8, 4) is 0 Å². The first kappa shape index (κ1) is 21.6. The molecule has 168 valence electrons. The van der Waals surface area contributed by atoms with Gasteiger partial charge in [0.1, 0.15) is 15.8 Å². The average Bonchev–Trinajstić information content (AvgIpc) is 3.41. The second-order valence-corrected chi connectivity index (χ2v) is 10.2. The third-order valence-corrected chi connectivity index (χ3v) is 7.66. The number of ether oxygens (including phenoxy) is 1. The Balaban J connectivity index is 1.57. The maximum atomic E-state index is 13.5. The SMILES string of the molecule is Cc1cccn2c(=O)c(C=C3SC(=S)N(CC4CCCO4)C3=O)c(N3CCCCC3)nc12. The molecule has 0 spiro atoms. The van der Waals surface area contributed by atoms with Gasteiger partial charge in [-0.2, -0.15) is 0 Å². The minimum absolute atomic E-state index is 0.0247. The van der Waals surface area contributed by atoms with Crippen LogP contribution in [0.3, 0.4) is 0 Å². The molecule has 5 rings (SSSR count). The van der Waals surface area contributed by atoms with Crippen LogP contribution in [0.15, 0.2) is 28.0 Å². The predicted octanol–water partition coefficient (Wildman–Crippen LogP) is 3.37. The number of aryl methyl sites for hydroxylation is 1.